The fraction of sp³-hybridized carbons (Fsp3) is 0.688. The number of rotatable bonds is 7. The van der Waals surface area contributed by atoms with Crippen LogP contribution in [0.1, 0.15) is 50.0 Å². The van der Waals surface area contributed by atoms with Crippen molar-refractivity contribution < 1.29 is 14.3 Å². The molecule has 2 aliphatic carbocycles. The summed E-state index contributed by atoms with van der Waals surface area (Å²) in [6.07, 6.45) is 4.36. The highest BCUT2D eigenvalue weighted by molar-refractivity contribution is 5.76. The predicted octanol–water partition coefficient (Wildman–Crippen LogP) is 2.22. The Morgan fingerprint density at radius 3 is 2.85 bits per heavy atom. The number of nitrogens with one attached hydrogen (secondary N) is 1. The average molecular weight is 277 g/mol. The van der Waals surface area contributed by atoms with E-state index in [0.29, 0.717) is 25.3 Å². The maximum atomic E-state index is 11.8. The molecule has 2 atom stereocenters. The van der Waals surface area contributed by atoms with E-state index >= 15 is 0 Å². The van der Waals surface area contributed by atoms with E-state index in [1.54, 1.807) is 0 Å². The van der Waals surface area contributed by atoms with Crippen molar-refractivity contribution >= 4 is 5.91 Å². The molecule has 1 aromatic heterocycles. The Balaban J connectivity index is 1.40. The number of carbonyl (C=O) groups excluding carboxylic acids is 1. The van der Waals surface area contributed by atoms with E-state index in [2.05, 4.69) is 12.2 Å². The molecule has 4 heteroatoms. The largest absolute Gasteiger partial charge is 0.466 e. The molecular weight excluding hydrogens is 254 g/mol. The second-order valence-corrected chi connectivity index (χ2v) is 6.56. The Kier molecular flexibility index (Phi) is 3.59. The minimum Gasteiger partial charge on any atom is -0.466 e. The SMILES string of the molecule is CC1CC1c1ccc(CCC(=O)NCC2(CO)CC2)o1. The monoisotopic (exact) mass is 277 g/mol. The summed E-state index contributed by atoms with van der Waals surface area (Å²) in [5.41, 5.74) is -0.0182. The van der Waals surface area contributed by atoms with Gasteiger partial charge in [0.1, 0.15) is 11.5 Å². The topological polar surface area (TPSA) is 62.5 Å². The first-order valence-corrected chi connectivity index (χ1v) is 7.58. The van der Waals surface area contributed by atoms with Gasteiger partial charge in [-0.15, -0.1) is 0 Å². The first-order chi connectivity index (χ1) is 9.62. The summed E-state index contributed by atoms with van der Waals surface area (Å²) in [6.45, 7) is 3.01. The number of furan rings is 1. The standard InChI is InChI=1S/C16H23NO3/c1-11-8-13(11)14-4-2-12(20-14)3-5-15(19)17-9-16(10-18)6-7-16/h2,4,11,13,18H,3,5-10H2,1H3,(H,17,19). The van der Waals surface area contributed by atoms with Crippen molar-refractivity contribution in [2.75, 3.05) is 13.2 Å². The third-order valence-electron chi connectivity index (χ3n) is 4.71. The molecule has 0 aromatic carbocycles. The Hall–Kier alpha value is -1.29. The van der Waals surface area contributed by atoms with E-state index in [0.717, 1.165) is 30.3 Å². The Morgan fingerprint density at radius 1 is 1.50 bits per heavy atom. The third kappa shape index (κ3) is 3.06. The molecule has 1 amide bonds. The molecule has 0 saturated heterocycles. The van der Waals surface area contributed by atoms with Crippen LogP contribution in [-0.2, 0) is 11.2 Å². The molecule has 0 spiro atoms. The summed E-state index contributed by atoms with van der Waals surface area (Å²) in [5.74, 6) is 3.35. The molecule has 0 aliphatic heterocycles. The number of aliphatic hydroxyl groups excluding tert-OH is 1. The highest BCUT2D eigenvalue weighted by Gasteiger charge is 2.42. The molecule has 2 saturated carbocycles. The van der Waals surface area contributed by atoms with Gasteiger partial charge in [0.05, 0.1) is 6.61 Å². The van der Waals surface area contributed by atoms with Gasteiger partial charge in [-0.05, 0) is 37.3 Å². The number of hydrogen-bond donors (Lipinski definition) is 2. The second kappa shape index (κ2) is 5.24. The molecule has 20 heavy (non-hydrogen) atoms. The lowest BCUT2D eigenvalue weighted by molar-refractivity contribution is -0.121. The quantitative estimate of drug-likeness (QED) is 0.803. The zero-order valence-corrected chi connectivity index (χ0v) is 12.0. The van der Waals surface area contributed by atoms with Crippen LogP contribution >= 0.6 is 0 Å². The Labute approximate surface area is 119 Å². The smallest absolute Gasteiger partial charge is 0.220 e. The minimum atomic E-state index is -0.0182. The lowest BCUT2D eigenvalue weighted by Crippen LogP contribution is -2.31. The van der Waals surface area contributed by atoms with Crippen LogP contribution < -0.4 is 5.32 Å². The maximum Gasteiger partial charge on any atom is 0.220 e. The van der Waals surface area contributed by atoms with Crippen molar-refractivity contribution in [2.24, 2.45) is 11.3 Å². The highest BCUT2D eigenvalue weighted by atomic mass is 16.3. The van der Waals surface area contributed by atoms with Gasteiger partial charge in [0, 0.05) is 30.7 Å². The van der Waals surface area contributed by atoms with Gasteiger partial charge in [-0.3, -0.25) is 4.79 Å². The van der Waals surface area contributed by atoms with Gasteiger partial charge >= 0.3 is 0 Å². The van der Waals surface area contributed by atoms with Crippen LogP contribution in [0.5, 0.6) is 0 Å². The fourth-order valence-corrected chi connectivity index (χ4v) is 2.63. The molecule has 2 unspecified atom stereocenters. The van der Waals surface area contributed by atoms with E-state index in [-0.39, 0.29) is 17.9 Å². The first-order valence-electron chi connectivity index (χ1n) is 7.58. The van der Waals surface area contributed by atoms with Crippen molar-refractivity contribution in [1.82, 2.24) is 5.32 Å². The summed E-state index contributed by atoms with van der Waals surface area (Å²) < 4.78 is 5.79. The van der Waals surface area contributed by atoms with Gasteiger partial charge < -0.3 is 14.8 Å². The van der Waals surface area contributed by atoms with Crippen LogP contribution in [0.3, 0.4) is 0 Å². The molecule has 0 bridgehead atoms. The van der Waals surface area contributed by atoms with Crippen molar-refractivity contribution in [3.8, 4) is 0 Å². The fourth-order valence-electron chi connectivity index (χ4n) is 2.63. The van der Waals surface area contributed by atoms with Gasteiger partial charge in [0.25, 0.3) is 0 Å². The second-order valence-electron chi connectivity index (χ2n) is 6.56. The van der Waals surface area contributed by atoms with E-state index in [1.807, 2.05) is 12.1 Å². The van der Waals surface area contributed by atoms with E-state index in [1.165, 1.54) is 6.42 Å². The zero-order valence-electron chi connectivity index (χ0n) is 12.0. The van der Waals surface area contributed by atoms with Crippen LogP contribution in [0.15, 0.2) is 16.5 Å². The third-order valence-corrected chi connectivity index (χ3v) is 4.71. The van der Waals surface area contributed by atoms with Crippen molar-refractivity contribution in [2.45, 2.75) is 44.9 Å². The predicted molar refractivity (Wildman–Crippen MR) is 75.3 cm³/mol. The molecular formula is C16H23NO3. The zero-order chi connectivity index (χ0) is 14.2. The summed E-state index contributed by atoms with van der Waals surface area (Å²) in [5, 5.41) is 12.1. The highest BCUT2D eigenvalue weighted by Crippen LogP contribution is 2.47. The summed E-state index contributed by atoms with van der Waals surface area (Å²) in [4.78, 5) is 11.8. The van der Waals surface area contributed by atoms with E-state index in [4.69, 9.17) is 4.42 Å². The van der Waals surface area contributed by atoms with E-state index < -0.39 is 0 Å². The van der Waals surface area contributed by atoms with E-state index in [9.17, 15) is 9.90 Å². The first kappa shape index (κ1) is 13.7. The molecule has 1 aromatic rings. The molecule has 0 radical (unpaired) electrons. The lowest BCUT2D eigenvalue weighted by atomic mass is 10.1. The Morgan fingerprint density at radius 2 is 2.25 bits per heavy atom. The van der Waals surface area contributed by atoms with Crippen LogP contribution in [0.25, 0.3) is 0 Å². The number of hydrogen-bond acceptors (Lipinski definition) is 3. The minimum absolute atomic E-state index is 0.0182. The van der Waals surface area contributed by atoms with Gasteiger partial charge in [-0.25, -0.2) is 0 Å². The molecule has 1 heterocycles. The van der Waals surface area contributed by atoms with Crippen LogP contribution in [0.2, 0.25) is 0 Å². The average Bonchev–Trinajstić information content (AvgIpc) is 3.34. The summed E-state index contributed by atoms with van der Waals surface area (Å²) in [7, 11) is 0. The summed E-state index contributed by atoms with van der Waals surface area (Å²) >= 11 is 0. The molecule has 2 fully saturated rings. The lowest BCUT2D eigenvalue weighted by Gasteiger charge is -2.12. The van der Waals surface area contributed by atoms with Crippen molar-refractivity contribution in [1.29, 1.82) is 0 Å². The van der Waals surface area contributed by atoms with Crippen LogP contribution in [0.4, 0.5) is 0 Å². The molecule has 110 valence electrons. The van der Waals surface area contributed by atoms with Crippen LogP contribution in [-0.4, -0.2) is 24.2 Å². The van der Waals surface area contributed by atoms with Gasteiger partial charge in [-0.1, -0.05) is 6.92 Å². The molecule has 4 nitrogen and oxygen atoms in total. The normalized spacial score (nSPS) is 26.3. The molecule has 2 aliphatic rings. The Bertz CT molecular complexity index is 490. The summed E-state index contributed by atoms with van der Waals surface area (Å²) in [6, 6.07) is 4.04. The number of aryl methyl sites for hydroxylation is 1. The van der Waals surface area contributed by atoms with Crippen LogP contribution in [0, 0.1) is 11.3 Å². The maximum absolute atomic E-state index is 11.8. The van der Waals surface area contributed by atoms with Gasteiger partial charge in [0.15, 0.2) is 0 Å². The number of carbonyl (C=O) groups is 1. The van der Waals surface area contributed by atoms with Gasteiger partial charge in [0.2, 0.25) is 5.91 Å². The van der Waals surface area contributed by atoms with Crippen molar-refractivity contribution in [3.63, 3.8) is 0 Å². The molecule has 3 rings (SSSR count). The molecule has 2 N–H and O–H groups in total. The number of amides is 1. The number of aliphatic hydroxyl groups is 1. The van der Waals surface area contributed by atoms with Gasteiger partial charge in [-0.2, -0.15) is 0 Å². The van der Waals surface area contributed by atoms with Crippen molar-refractivity contribution in [3.05, 3.63) is 23.7 Å².